The molecule has 1 unspecified atom stereocenters. The Balaban J connectivity index is 1.59. The molecule has 1 aromatic heterocycles. The topological polar surface area (TPSA) is 53.1 Å². The van der Waals surface area contributed by atoms with Crippen molar-refractivity contribution in [2.45, 2.75) is 12.6 Å². The van der Waals surface area contributed by atoms with E-state index in [1.165, 1.54) is 0 Å². The number of rotatable bonds is 7. The summed E-state index contributed by atoms with van der Waals surface area (Å²) >= 11 is 12.3. The van der Waals surface area contributed by atoms with Gasteiger partial charge in [-0.25, -0.2) is 4.98 Å². The standard InChI is InChI=1S/C19H22Cl2N2O4/c1-24-16-5-3-13(18(21)19(16)25-2)10-23-7-8-26-15(11-23)12-27-17-6-4-14(20)9-22-17/h3-6,9,15H,7-8,10-12H2,1-2H3. The number of ether oxygens (including phenoxy) is 4. The van der Waals surface area contributed by atoms with E-state index in [0.717, 1.165) is 18.7 Å². The molecule has 1 atom stereocenters. The van der Waals surface area contributed by atoms with Crippen molar-refractivity contribution in [1.29, 1.82) is 0 Å². The van der Waals surface area contributed by atoms with Crippen LogP contribution in [0, 0.1) is 0 Å². The third kappa shape index (κ3) is 5.17. The number of benzene rings is 1. The minimum atomic E-state index is -0.0462. The van der Waals surface area contributed by atoms with Crippen molar-refractivity contribution in [3.8, 4) is 17.4 Å². The first-order valence-corrected chi connectivity index (χ1v) is 9.34. The van der Waals surface area contributed by atoms with E-state index in [0.29, 0.717) is 47.2 Å². The molecule has 0 saturated carbocycles. The van der Waals surface area contributed by atoms with Crippen molar-refractivity contribution in [2.75, 3.05) is 40.5 Å². The van der Waals surface area contributed by atoms with Gasteiger partial charge in [0.15, 0.2) is 11.5 Å². The van der Waals surface area contributed by atoms with Crippen molar-refractivity contribution >= 4 is 23.2 Å². The Morgan fingerprint density at radius 1 is 1.19 bits per heavy atom. The third-order valence-electron chi connectivity index (χ3n) is 4.30. The highest BCUT2D eigenvalue weighted by molar-refractivity contribution is 6.33. The molecule has 0 amide bonds. The molecule has 0 N–H and O–H groups in total. The Kier molecular flexibility index (Phi) is 7.01. The molecule has 1 saturated heterocycles. The fourth-order valence-corrected chi connectivity index (χ4v) is 3.35. The number of nitrogens with zero attached hydrogens (tertiary/aromatic N) is 2. The summed E-state index contributed by atoms with van der Waals surface area (Å²) in [6.45, 7) is 3.30. The first kappa shape index (κ1) is 20.0. The van der Waals surface area contributed by atoms with Crippen molar-refractivity contribution in [2.24, 2.45) is 0 Å². The van der Waals surface area contributed by atoms with Gasteiger partial charge in [0, 0.05) is 31.9 Å². The Hall–Kier alpha value is -1.73. The maximum Gasteiger partial charge on any atom is 0.213 e. The van der Waals surface area contributed by atoms with E-state index in [2.05, 4.69) is 9.88 Å². The van der Waals surface area contributed by atoms with Gasteiger partial charge in [0.25, 0.3) is 0 Å². The maximum atomic E-state index is 6.50. The minimum absolute atomic E-state index is 0.0462. The zero-order valence-corrected chi connectivity index (χ0v) is 16.8. The summed E-state index contributed by atoms with van der Waals surface area (Å²) in [4.78, 5) is 6.41. The Morgan fingerprint density at radius 2 is 2.04 bits per heavy atom. The predicted octanol–water partition coefficient (Wildman–Crippen LogP) is 3.69. The first-order chi connectivity index (χ1) is 13.1. The fourth-order valence-electron chi connectivity index (χ4n) is 2.94. The van der Waals surface area contributed by atoms with Gasteiger partial charge in [-0.2, -0.15) is 0 Å². The van der Waals surface area contributed by atoms with Crippen LogP contribution in [-0.2, 0) is 11.3 Å². The molecule has 27 heavy (non-hydrogen) atoms. The van der Waals surface area contributed by atoms with Crippen LogP contribution in [0.3, 0.4) is 0 Å². The van der Waals surface area contributed by atoms with Crippen LogP contribution >= 0.6 is 23.2 Å². The van der Waals surface area contributed by atoms with Crippen molar-refractivity contribution in [3.05, 3.63) is 46.1 Å². The molecule has 146 valence electrons. The van der Waals surface area contributed by atoms with Crippen LogP contribution in [0.5, 0.6) is 17.4 Å². The normalized spacial score (nSPS) is 17.6. The van der Waals surface area contributed by atoms with E-state index in [4.69, 9.17) is 42.1 Å². The van der Waals surface area contributed by atoms with Crippen LogP contribution in [0.25, 0.3) is 0 Å². The zero-order chi connectivity index (χ0) is 19.2. The average molecular weight is 413 g/mol. The number of aromatic nitrogens is 1. The molecule has 1 aliphatic rings. The Morgan fingerprint density at radius 3 is 2.74 bits per heavy atom. The minimum Gasteiger partial charge on any atom is -0.493 e. The van der Waals surface area contributed by atoms with Gasteiger partial charge in [0.05, 0.1) is 30.9 Å². The molecular weight excluding hydrogens is 391 g/mol. The zero-order valence-electron chi connectivity index (χ0n) is 15.3. The van der Waals surface area contributed by atoms with Gasteiger partial charge in [-0.3, -0.25) is 4.90 Å². The van der Waals surface area contributed by atoms with Crippen LogP contribution in [0.1, 0.15) is 5.56 Å². The second-order valence-corrected chi connectivity index (χ2v) is 6.94. The number of methoxy groups -OCH3 is 2. The quantitative estimate of drug-likeness (QED) is 0.690. The van der Waals surface area contributed by atoms with E-state index < -0.39 is 0 Å². The van der Waals surface area contributed by atoms with Crippen molar-refractivity contribution < 1.29 is 18.9 Å². The summed E-state index contributed by atoms with van der Waals surface area (Å²) in [6, 6.07) is 7.32. The molecule has 0 spiro atoms. The largest absolute Gasteiger partial charge is 0.493 e. The van der Waals surface area contributed by atoms with Crippen molar-refractivity contribution in [1.82, 2.24) is 9.88 Å². The number of morpholine rings is 1. The monoisotopic (exact) mass is 412 g/mol. The van der Waals surface area contributed by atoms with E-state index in [1.807, 2.05) is 12.1 Å². The lowest BCUT2D eigenvalue weighted by Gasteiger charge is -2.33. The lowest BCUT2D eigenvalue weighted by molar-refractivity contribution is -0.0510. The SMILES string of the molecule is COc1ccc(CN2CCOC(COc3ccc(Cl)cn3)C2)c(Cl)c1OC. The number of halogens is 2. The highest BCUT2D eigenvalue weighted by Gasteiger charge is 2.23. The smallest absolute Gasteiger partial charge is 0.213 e. The molecule has 1 aromatic carbocycles. The Bertz CT molecular complexity index is 758. The number of hydrogen-bond acceptors (Lipinski definition) is 6. The van der Waals surface area contributed by atoms with Gasteiger partial charge >= 0.3 is 0 Å². The lowest BCUT2D eigenvalue weighted by Crippen LogP contribution is -2.44. The average Bonchev–Trinajstić information content (AvgIpc) is 2.69. The molecule has 0 bridgehead atoms. The summed E-state index contributed by atoms with van der Waals surface area (Å²) in [7, 11) is 3.18. The van der Waals surface area contributed by atoms with Crippen molar-refractivity contribution in [3.63, 3.8) is 0 Å². The molecule has 3 rings (SSSR count). The number of hydrogen-bond donors (Lipinski definition) is 0. The van der Waals surface area contributed by atoms with Crippen LogP contribution in [0.4, 0.5) is 0 Å². The molecule has 0 radical (unpaired) electrons. The van der Waals surface area contributed by atoms with Gasteiger partial charge in [-0.1, -0.05) is 29.3 Å². The Labute approximate surface area is 168 Å². The van der Waals surface area contributed by atoms with Crippen LogP contribution in [-0.4, -0.2) is 56.5 Å². The summed E-state index contributed by atoms with van der Waals surface area (Å²) in [6.07, 6.45) is 1.51. The second-order valence-electron chi connectivity index (χ2n) is 6.13. The van der Waals surface area contributed by atoms with E-state index in [9.17, 15) is 0 Å². The van der Waals surface area contributed by atoms with Crippen LogP contribution in [0.15, 0.2) is 30.5 Å². The third-order valence-corrected chi connectivity index (χ3v) is 4.94. The molecule has 1 aliphatic heterocycles. The van der Waals surface area contributed by atoms with Gasteiger partial charge in [-0.05, 0) is 17.7 Å². The molecule has 0 aliphatic carbocycles. The lowest BCUT2D eigenvalue weighted by atomic mass is 10.1. The maximum absolute atomic E-state index is 6.50. The van der Waals surface area contributed by atoms with Gasteiger partial charge in [0.1, 0.15) is 12.7 Å². The summed E-state index contributed by atoms with van der Waals surface area (Å²) in [5.41, 5.74) is 0.982. The van der Waals surface area contributed by atoms with Crippen LogP contribution < -0.4 is 14.2 Å². The van der Waals surface area contributed by atoms with Gasteiger partial charge in [0.2, 0.25) is 5.88 Å². The van der Waals surface area contributed by atoms with Gasteiger partial charge in [-0.15, -0.1) is 0 Å². The highest BCUT2D eigenvalue weighted by atomic mass is 35.5. The van der Waals surface area contributed by atoms with E-state index >= 15 is 0 Å². The van der Waals surface area contributed by atoms with E-state index in [-0.39, 0.29) is 6.10 Å². The molecule has 6 nitrogen and oxygen atoms in total. The second kappa shape index (κ2) is 9.46. The predicted molar refractivity (Wildman–Crippen MR) is 104 cm³/mol. The highest BCUT2D eigenvalue weighted by Crippen LogP contribution is 2.37. The molecular formula is C19H22Cl2N2O4. The summed E-state index contributed by atoms with van der Waals surface area (Å²) < 4.78 is 22.2. The van der Waals surface area contributed by atoms with E-state index in [1.54, 1.807) is 32.5 Å². The van der Waals surface area contributed by atoms with Gasteiger partial charge < -0.3 is 18.9 Å². The molecule has 2 heterocycles. The number of pyridine rings is 1. The molecule has 1 fully saturated rings. The first-order valence-electron chi connectivity index (χ1n) is 8.58. The summed E-state index contributed by atoms with van der Waals surface area (Å²) in [5, 5.41) is 1.15. The fraction of sp³-hybridized carbons (Fsp3) is 0.421. The molecule has 8 heteroatoms. The molecule has 2 aromatic rings. The van der Waals surface area contributed by atoms with Crippen LogP contribution in [0.2, 0.25) is 10.0 Å². The summed E-state index contributed by atoms with van der Waals surface area (Å²) in [5.74, 6) is 1.71.